The second kappa shape index (κ2) is 4.48. The smallest absolute Gasteiger partial charge is 0.326 e. The summed E-state index contributed by atoms with van der Waals surface area (Å²) in [4.78, 5) is 24.2. The Morgan fingerprint density at radius 3 is 2.83 bits per heavy atom. The van der Waals surface area contributed by atoms with Gasteiger partial charge in [-0.05, 0) is 19.1 Å². The van der Waals surface area contributed by atoms with Gasteiger partial charge in [0.05, 0.1) is 17.3 Å². The monoisotopic (exact) mass is 247 g/mol. The molecule has 1 amide bonds. The molecule has 1 N–H and O–H groups in total. The minimum atomic E-state index is -1.04. The molecule has 0 aliphatic heterocycles. The largest absolute Gasteiger partial charge is 0.480 e. The Bertz CT molecular complexity index is 605. The summed E-state index contributed by atoms with van der Waals surface area (Å²) in [6.45, 7) is 1.46. The first-order valence-corrected chi connectivity index (χ1v) is 5.44. The maximum Gasteiger partial charge on any atom is 0.326 e. The second-order valence-electron chi connectivity index (χ2n) is 4.02. The third kappa shape index (κ3) is 1.92. The van der Waals surface area contributed by atoms with Gasteiger partial charge < -0.3 is 10.0 Å². The molecule has 0 saturated carbocycles. The quantitative estimate of drug-likeness (QED) is 0.873. The number of amides is 1. The summed E-state index contributed by atoms with van der Waals surface area (Å²) < 4.78 is 1.58. The van der Waals surface area contributed by atoms with Crippen LogP contribution in [0.2, 0.25) is 0 Å². The second-order valence-corrected chi connectivity index (χ2v) is 4.02. The van der Waals surface area contributed by atoms with E-state index in [1.165, 1.54) is 25.1 Å². The van der Waals surface area contributed by atoms with Gasteiger partial charge in [0.1, 0.15) is 6.04 Å². The number of carboxylic acid groups (broad SMARTS) is 1. The number of likely N-dealkylation sites (N-methyl/N-ethyl adjacent to an activating group) is 1. The fourth-order valence-electron chi connectivity index (χ4n) is 1.63. The van der Waals surface area contributed by atoms with E-state index in [0.717, 1.165) is 0 Å². The fourth-order valence-corrected chi connectivity index (χ4v) is 1.63. The van der Waals surface area contributed by atoms with Crippen LogP contribution in [-0.4, -0.2) is 44.6 Å². The van der Waals surface area contributed by atoms with E-state index >= 15 is 0 Å². The molecular weight excluding hydrogens is 234 g/mol. The Hall–Kier alpha value is -2.37. The van der Waals surface area contributed by atoms with E-state index in [1.54, 1.807) is 28.9 Å². The third-order valence-electron chi connectivity index (χ3n) is 2.92. The maximum absolute atomic E-state index is 12.2. The lowest BCUT2D eigenvalue weighted by Gasteiger charge is -2.20. The van der Waals surface area contributed by atoms with Crippen LogP contribution in [0.15, 0.2) is 30.6 Å². The molecule has 2 heterocycles. The molecule has 0 radical (unpaired) electrons. The number of aromatic nitrogens is 2. The summed E-state index contributed by atoms with van der Waals surface area (Å²) in [5.41, 5.74) is 1.05. The third-order valence-corrected chi connectivity index (χ3v) is 2.92. The lowest BCUT2D eigenvalue weighted by atomic mass is 10.2. The Labute approximate surface area is 103 Å². The van der Waals surface area contributed by atoms with Crippen LogP contribution in [0.5, 0.6) is 0 Å². The Morgan fingerprint density at radius 2 is 2.17 bits per heavy atom. The molecule has 2 aromatic heterocycles. The van der Waals surface area contributed by atoms with Crippen molar-refractivity contribution in [2.75, 3.05) is 7.05 Å². The fraction of sp³-hybridized carbons (Fsp3) is 0.250. The van der Waals surface area contributed by atoms with Crippen molar-refractivity contribution in [3.8, 4) is 0 Å². The molecule has 2 aromatic rings. The first kappa shape index (κ1) is 12.1. The molecule has 94 valence electrons. The van der Waals surface area contributed by atoms with Crippen LogP contribution in [0.1, 0.15) is 17.3 Å². The molecule has 2 rings (SSSR count). The number of fused-ring (bicyclic) bond motifs is 1. The normalized spacial score (nSPS) is 12.3. The van der Waals surface area contributed by atoms with E-state index in [0.29, 0.717) is 11.1 Å². The van der Waals surface area contributed by atoms with Gasteiger partial charge in [0.15, 0.2) is 0 Å². The number of carbonyl (C=O) groups excluding carboxylic acids is 1. The highest BCUT2D eigenvalue weighted by molar-refractivity contribution is 6.01. The average Bonchev–Trinajstić information content (AvgIpc) is 2.79. The van der Waals surface area contributed by atoms with Crippen molar-refractivity contribution in [3.05, 3.63) is 36.2 Å². The number of nitrogens with zero attached hydrogens (tertiary/aromatic N) is 3. The van der Waals surface area contributed by atoms with Crippen LogP contribution in [0, 0.1) is 0 Å². The molecule has 0 saturated heterocycles. The van der Waals surface area contributed by atoms with Gasteiger partial charge in [0.25, 0.3) is 5.91 Å². The molecule has 0 bridgehead atoms. The topological polar surface area (TPSA) is 74.9 Å². The molecular formula is C12H13N3O3. The first-order chi connectivity index (χ1) is 8.52. The van der Waals surface area contributed by atoms with E-state index < -0.39 is 12.0 Å². The number of carbonyl (C=O) groups is 2. The highest BCUT2D eigenvalue weighted by Gasteiger charge is 2.24. The lowest BCUT2D eigenvalue weighted by Crippen LogP contribution is -2.40. The van der Waals surface area contributed by atoms with Gasteiger partial charge in [-0.25, -0.2) is 9.31 Å². The van der Waals surface area contributed by atoms with E-state index in [-0.39, 0.29) is 5.91 Å². The van der Waals surface area contributed by atoms with Gasteiger partial charge in [0, 0.05) is 13.2 Å². The number of hydrogen-bond acceptors (Lipinski definition) is 3. The molecule has 1 unspecified atom stereocenters. The number of hydrogen-bond donors (Lipinski definition) is 1. The summed E-state index contributed by atoms with van der Waals surface area (Å²) in [7, 11) is 1.47. The van der Waals surface area contributed by atoms with Crippen LogP contribution in [0.25, 0.3) is 5.52 Å². The molecule has 6 nitrogen and oxygen atoms in total. The zero-order valence-corrected chi connectivity index (χ0v) is 10.1. The van der Waals surface area contributed by atoms with Crippen LogP contribution in [0.3, 0.4) is 0 Å². The summed E-state index contributed by atoms with van der Waals surface area (Å²) in [6.07, 6.45) is 3.18. The van der Waals surface area contributed by atoms with Crippen molar-refractivity contribution in [2.45, 2.75) is 13.0 Å². The predicted molar refractivity (Wildman–Crippen MR) is 64.4 cm³/mol. The van der Waals surface area contributed by atoms with Crippen molar-refractivity contribution in [1.82, 2.24) is 14.5 Å². The van der Waals surface area contributed by atoms with Gasteiger partial charge in [-0.2, -0.15) is 5.10 Å². The SMILES string of the molecule is CC(C(=O)O)N(C)C(=O)c1cnn2ccccc12. The van der Waals surface area contributed by atoms with Gasteiger partial charge in [0.2, 0.25) is 0 Å². The summed E-state index contributed by atoms with van der Waals surface area (Å²) in [5.74, 6) is -1.39. The van der Waals surface area contributed by atoms with Crippen LogP contribution in [-0.2, 0) is 4.79 Å². The summed E-state index contributed by atoms with van der Waals surface area (Å²) in [5, 5.41) is 12.9. The van der Waals surface area contributed by atoms with Crippen LogP contribution < -0.4 is 0 Å². The van der Waals surface area contributed by atoms with Gasteiger partial charge in [-0.15, -0.1) is 0 Å². The summed E-state index contributed by atoms with van der Waals surface area (Å²) in [6, 6.07) is 4.49. The first-order valence-electron chi connectivity index (χ1n) is 5.44. The van der Waals surface area contributed by atoms with E-state index in [2.05, 4.69) is 5.10 Å². The average molecular weight is 247 g/mol. The lowest BCUT2D eigenvalue weighted by molar-refractivity contribution is -0.141. The van der Waals surface area contributed by atoms with Crippen molar-refractivity contribution in [2.24, 2.45) is 0 Å². The maximum atomic E-state index is 12.2. The van der Waals surface area contributed by atoms with E-state index in [1.807, 2.05) is 0 Å². The number of pyridine rings is 1. The molecule has 0 aliphatic rings. The van der Waals surface area contributed by atoms with Crippen molar-refractivity contribution >= 4 is 17.4 Å². The Kier molecular flexibility index (Phi) is 3.01. The zero-order valence-electron chi connectivity index (χ0n) is 10.1. The standard InChI is InChI=1S/C12H13N3O3/c1-8(12(17)18)14(2)11(16)9-7-13-15-6-4-3-5-10(9)15/h3-8H,1-2H3,(H,17,18). The predicted octanol–water partition coefficient (Wildman–Crippen LogP) is 0.879. The molecule has 0 aliphatic carbocycles. The molecule has 0 fully saturated rings. The molecule has 18 heavy (non-hydrogen) atoms. The minimum absolute atomic E-state index is 0.355. The van der Waals surface area contributed by atoms with E-state index in [4.69, 9.17) is 5.11 Å². The van der Waals surface area contributed by atoms with Gasteiger partial charge in [-0.1, -0.05) is 6.07 Å². The Morgan fingerprint density at radius 1 is 1.44 bits per heavy atom. The number of carboxylic acids is 1. The van der Waals surface area contributed by atoms with Crippen LogP contribution >= 0.6 is 0 Å². The highest BCUT2D eigenvalue weighted by Crippen LogP contribution is 2.13. The van der Waals surface area contributed by atoms with Crippen molar-refractivity contribution < 1.29 is 14.7 Å². The minimum Gasteiger partial charge on any atom is -0.480 e. The van der Waals surface area contributed by atoms with E-state index in [9.17, 15) is 9.59 Å². The molecule has 6 heteroatoms. The Balaban J connectivity index is 2.37. The molecule has 1 atom stereocenters. The molecule has 0 spiro atoms. The van der Waals surface area contributed by atoms with Crippen molar-refractivity contribution in [3.63, 3.8) is 0 Å². The van der Waals surface area contributed by atoms with Gasteiger partial charge in [-0.3, -0.25) is 4.79 Å². The highest BCUT2D eigenvalue weighted by atomic mass is 16.4. The number of aliphatic carboxylic acids is 1. The number of rotatable bonds is 3. The summed E-state index contributed by atoms with van der Waals surface area (Å²) >= 11 is 0. The van der Waals surface area contributed by atoms with Crippen molar-refractivity contribution in [1.29, 1.82) is 0 Å². The molecule has 0 aromatic carbocycles. The zero-order chi connectivity index (χ0) is 13.3. The van der Waals surface area contributed by atoms with Gasteiger partial charge >= 0.3 is 5.97 Å². The van der Waals surface area contributed by atoms with Crippen LogP contribution in [0.4, 0.5) is 0 Å².